The maximum atomic E-state index is 8.57. The third-order valence-electron chi connectivity index (χ3n) is 1.56. The second-order valence-electron chi connectivity index (χ2n) is 2.54. The molecule has 0 bridgehead atoms. The van der Waals surface area contributed by atoms with E-state index < -0.39 is 0 Å². The summed E-state index contributed by atoms with van der Waals surface area (Å²) in [5.74, 6) is 0. The number of nitrogens with zero attached hydrogens (tertiary/aromatic N) is 4. The van der Waals surface area contributed by atoms with Gasteiger partial charge in [0, 0.05) is 12.3 Å². The van der Waals surface area contributed by atoms with Gasteiger partial charge in [-0.1, -0.05) is 0 Å². The number of hydrogen-bond acceptors (Lipinski definition) is 3. The fourth-order valence-electron chi connectivity index (χ4n) is 1.05. The van der Waals surface area contributed by atoms with E-state index in [1.54, 1.807) is 10.7 Å². The van der Waals surface area contributed by atoms with E-state index in [1.807, 2.05) is 19.1 Å². The molecule has 0 N–H and O–H groups in total. The monoisotopic (exact) mass is 158 g/mol. The topological polar surface area (TPSA) is 54.0 Å². The van der Waals surface area contributed by atoms with Gasteiger partial charge in [0.2, 0.25) is 0 Å². The van der Waals surface area contributed by atoms with Crippen LogP contribution >= 0.6 is 0 Å². The zero-order chi connectivity index (χ0) is 8.55. The standard InChI is InChI=1S/C8H6N4/c1-6-2-8-10-4-7(3-9)5-12(8)11-6/h2,4-5H,1H3. The van der Waals surface area contributed by atoms with E-state index >= 15 is 0 Å². The van der Waals surface area contributed by atoms with Crippen molar-refractivity contribution >= 4 is 5.65 Å². The largest absolute Gasteiger partial charge is 0.236 e. The molecule has 0 atom stereocenters. The van der Waals surface area contributed by atoms with E-state index in [9.17, 15) is 0 Å². The van der Waals surface area contributed by atoms with Crippen LogP contribution in [0.5, 0.6) is 0 Å². The lowest BCUT2D eigenvalue weighted by Crippen LogP contribution is -1.90. The minimum atomic E-state index is 0.519. The second kappa shape index (κ2) is 2.31. The first-order valence-electron chi connectivity index (χ1n) is 3.52. The highest BCUT2D eigenvalue weighted by atomic mass is 15.2. The molecule has 0 saturated carbocycles. The fraction of sp³-hybridized carbons (Fsp3) is 0.125. The van der Waals surface area contributed by atoms with Crippen LogP contribution in [0.25, 0.3) is 5.65 Å². The molecule has 0 fully saturated rings. The minimum absolute atomic E-state index is 0.519. The van der Waals surface area contributed by atoms with Crippen LogP contribution in [0.3, 0.4) is 0 Å². The Hall–Kier alpha value is -1.89. The SMILES string of the molecule is Cc1cc2ncc(C#N)cn2n1. The maximum Gasteiger partial charge on any atom is 0.155 e. The maximum absolute atomic E-state index is 8.57. The summed E-state index contributed by atoms with van der Waals surface area (Å²) in [4.78, 5) is 4.05. The van der Waals surface area contributed by atoms with E-state index in [1.165, 1.54) is 6.20 Å². The van der Waals surface area contributed by atoms with Crippen molar-refractivity contribution in [2.45, 2.75) is 6.92 Å². The lowest BCUT2D eigenvalue weighted by molar-refractivity contribution is 0.913. The van der Waals surface area contributed by atoms with E-state index in [4.69, 9.17) is 5.26 Å². The lowest BCUT2D eigenvalue weighted by Gasteiger charge is -1.90. The van der Waals surface area contributed by atoms with Crippen molar-refractivity contribution in [3.05, 3.63) is 29.7 Å². The number of aromatic nitrogens is 3. The van der Waals surface area contributed by atoms with Crippen LogP contribution < -0.4 is 0 Å². The van der Waals surface area contributed by atoms with Crippen molar-refractivity contribution in [1.29, 1.82) is 5.26 Å². The highest BCUT2D eigenvalue weighted by molar-refractivity contribution is 5.40. The summed E-state index contributed by atoms with van der Waals surface area (Å²) in [6.07, 6.45) is 3.20. The van der Waals surface area contributed by atoms with Crippen molar-refractivity contribution < 1.29 is 0 Å². The Balaban J connectivity index is 2.77. The van der Waals surface area contributed by atoms with Crippen LogP contribution in [0.4, 0.5) is 0 Å². The van der Waals surface area contributed by atoms with Crippen molar-refractivity contribution in [1.82, 2.24) is 14.6 Å². The van der Waals surface area contributed by atoms with Gasteiger partial charge >= 0.3 is 0 Å². The van der Waals surface area contributed by atoms with Crippen molar-refractivity contribution in [2.75, 3.05) is 0 Å². The fourth-order valence-corrected chi connectivity index (χ4v) is 1.05. The van der Waals surface area contributed by atoms with Gasteiger partial charge in [0.05, 0.1) is 17.5 Å². The lowest BCUT2D eigenvalue weighted by atomic mass is 10.4. The average Bonchev–Trinajstić information content (AvgIpc) is 2.43. The van der Waals surface area contributed by atoms with Gasteiger partial charge in [-0.15, -0.1) is 0 Å². The van der Waals surface area contributed by atoms with Crippen LogP contribution in [-0.4, -0.2) is 14.6 Å². The molecule has 2 rings (SSSR count). The van der Waals surface area contributed by atoms with Crippen molar-refractivity contribution in [2.24, 2.45) is 0 Å². The van der Waals surface area contributed by atoms with Gasteiger partial charge in [0.15, 0.2) is 5.65 Å². The quantitative estimate of drug-likeness (QED) is 0.572. The number of rotatable bonds is 0. The van der Waals surface area contributed by atoms with Gasteiger partial charge in [-0.25, -0.2) is 9.50 Å². The second-order valence-corrected chi connectivity index (χ2v) is 2.54. The predicted molar refractivity (Wildman–Crippen MR) is 42.4 cm³/mol. The summed E-state index contributed by atoms with van der Waals surface area (Å²) >= 11 is 0. The zero-order valence-corrected chi connectivity index (χ0v) is 6.52. The molecule has 2 heterocycles. The van der Waals surface area contributed by atoms with Gasteiger partial charge in [0.25, 0.3) is 0 Å². The molecule has 0 unspecified atom stereocenters. The molecule has 58 valence electrons. The summed E-state index contributed by atoms with van der Waals surface area (Å²) in [6, 6.07) is 3.87. The predicted octanol–water partition coefficient (Wildman–Crippen LogP) is 0.909. The van der Waals surface area contributed by atoms with Gasteiger partial charge in [0.1, 0.15) is 6.07 Å². The Bertz CT molecular complexity index is 463. The van der Waals surface area contributed by atoms with Gasteiger partial charge < -0.3 is 0 Å². The molecule has 0 aliphatic carbocycles. The summed E-state index contributed by atoms with van der Waals surface area (Å²) < 4.78 is 1.61. The van der Waals surface area contributed by atoms with E-state index in [0.29, 0.717) is 5.56 Å². The summed E-state index contributed by atoms with van der Waals surface area (Å²) in [6.45, 7) is 1.89. The zero-order valence-electron chi connectivity index (χ0n) is 6.52. The highest BCUT2D eigenvalue weighted by Gasteiger charge is 1.98. The van der Waals surface area contributed by atoms with Gasteiger partial charge in [-0.05, 0) is 6.92 Å². The number of fused-ring (bicyclic) bond motifs is 1. The summed E-state index contributed by atoms with van der Waals surface area (Å²) in [5.41, 5.74) is 2.19. The molecular formula is C8H6N4. The average molecular weight is 158 g/mol. The molecule has 4 heteroatoms. The van der Waals surface area contributed by atoms with Crippen LogP contribution in [0, 0.1) is 18.3 Å². The molecule has 0 spiro atoms. The molecule has 0 amide bonds. The van der Waals surface area contributed by atoms with Crippen molar-refractivity contribution in [3.63, 3.8) is 0 Å². The molecule has 0 aliphatic rings. The first-order valence-corrected chi connectivity index (χ1v) is 3.52. The van der Waals surface area contributed by atoms with Crippen LogP contribution in [0.15, 0.2) is 18.5 Å². The smallest absolute Gasteiger partial charge is 0.155 e. The van der Waals surface area contributed by atoms with E-state index in [2.05, 4.69) is 10.1 Å². The van der Waals surface area contributed by atoms with Crippen LogP contribution in [-0.2, 0) is 0 Å². The molecule has 0 aromatic carbocycles. The first-order chi connectivity index (χ1) is 5.79. The highest BCUT2D eigenvalue weighted by Crippen LogP contribution is 2.03. The van der Waals surface area contributed by atoms with E-state index in [0.717, 1.165) is 11.3 Å². The van der Waals surface area contributed by atoms with Gasteiger partial charge in [-0.2, -0.15) is 10.4 Å². The molecule has 12 heavy (non-hydrogen) atoms. The molecule has 2 aromatic heterocycles. The first kappa shape index (κ1) is 6.80. The number of aryl methyl sites for hydroxylation is 1. The molecular weight excluding hydrogens is 152 g/mol. The Morgan fingerprint density at radius 3 is 3.17 bits per heavy atom. The molecule has 0 aliphatic heterocycles. The Labute approximate surface area is 69.1 Å². The van der Waals surface area contributed by atoms with Crippen LogP contribution in [0.1, 0.15) is 11.3 Å². The minimum Gasteiger partial charge on any atom is -0.236 e. The number of hydrogen-bond donors (Lipinski definition) is 0. The Kier molecular flexibility index (Phi) is 1.31. The molecule has 2 aromatic rings. The normalized spacial score (nSPS) is 10.0. The molecule has 0 radical (unpaired) electrons. The molecule has 4 nitrogen and oxygen atoms in total. The third kappa shape index (κ3) is 0.920. The Morgan fingerprint density at radius 2 is 2.42 bits per heavy atom. The van der Waals surface area contributed by atoms with E-state index in [-0.39, 0.29) is 0 Å². The third-order valence-corrected chi connectivity index (χ3v) is 1.56. The Morgan fingerprint density at radius 1 is 1.58 bits per heavy atom. The van der Waals surface area contributed by atoms with Gasteiger partial charge in [-0.3, -0.25) is 0 Å². The number of nitriles is 1. The summed E-state index contributed by atoms with van der Waals surface area (Å²) in [5, 5.41) is 12.7. The summed E-state index contributed by atoms with van der Waals surface area (Å²) in [7, 11) is 0. The molecule has 0 saturated heterocycles. The van der Waals surface area contributed by atoms with Crippen molar-refractivity contribution in [3.8, 4) is 6.07 Å². The van der Waals surface area contributed by atoms with Crippen LogP contribution in [0.2, 0.25) is 0 Å².